The van der Waals surface area contributed by atoms with E-state index in [4.69, 9.17) is 19.1 Å². The molecule has 0 saturated carbocycles. The van der Waals surface area contributed by atoms with Crippen LogP contribution in [0.5, 0.6) is 5.75 Å². The Morgan fingerprint density at radius 1 is 1.00 bits per heavy atom. The van der Waals surface area contributed by atoms with Gasteiger partial charge in [-0.15, -0.1) is 0 Å². The van der Waals surface area contributed by atoms with Crippen molar-refractivity contribution in [1.29, 1.82) is 0 Å². The second-order valence-corrected chi connectivity index (χ2v) is 6.14. The fraction of sp³-hybridized carbons (Fsp3) is 0.300. The van der Waals surface area contributed by atoms with Crippen LogP contribution in [-0.4, -0.2) is 41.7 Å². The van der Waals surface area contributed by atoms with Gasteiger partial charge in [0.05, 0.1) is 25.4 Å². The quantitative estimate of drug-likeness (QED) is 0.407. The zero-order chi connectivity index (χ0) is 21.6. The SMILES string of the molecule is OCCOCc1ccc(-c2noc(-c3ccc(OCC[18F])c(C(F)(F)F)c3)n2)cc1. The lowest BCUT2D eigenvalue weighted by molar-refractivity contribution is -0.138. The van der Waals surface area contributed by atoms with Crippen molar-refractivity contribution in [1.82, 2.24) is 10.1 Å². The summed E-state index contributed by atoms with van der Waals surface area (Å²) in [4.78, 5) is 4.16. The number of halogens is 4. The van der Waals surface area contributed by atoms with Crippen molar-refractivity contribution in [3.05, 3.63) is 53.6 Å². The number of aliphatic hydroxyl groups excluding tert-OH is 1. The molecule has 3 aromatic rings. The number of hydrogen-bond donors (Lipinski definition) is 1. The molecule has 0 atom stereocenters. The Bertz CT molecular complexity index is 958. The molecular formula is C20H18F4N2O4. The maximum Gasteiger partial charge on any atom is 0.419 e. The molecule has 0 aliphatic rings. The minimum Gasteiger partial charge on any atom is -0.490 e. The van der Waals surface area contributed by atoms with Gasteiger partial charge in [-0.05, 0) is 23.8 Å². The van der Waals surface area contributed by atoms with Gasteiger partial charge in [0.15, 0.2) is 0 Å². The van der Waals surface area contributed by atoms with E-state index < -0.39 is 30.8 Å². The fourth-order valence-corrected chi connectivity index (χ4v) is 2.62. The van der Waals surface area contributed by atoms with Crippen molar-refractivity contribution in [3.8, 4) is 28.6 Å². The largest absolute Gasteiger partial charge is 0.490 e. The topological polar surface area (TPSA) is 77.6 Å². The number of hydrogen-bond acceptors (Lipinski definition) is 6. The molecule has 0 bridgehead atoms. The smallest absolute Gasteiger partial charge is 0.419 e. The Kier molecular flexibility index (Phi) is 7.01. The molecular weight excluding hydrogens is 407 g/mol. The van der Waals surface area contributed by atoms with Gasteiger partial charge in [0, 0.05) is 11.1 Å². The van der Waals surface area contributed by atoms with Crippen LogP contribution in [0.2, 0.25) is 0 Å². The molecule has 1 N–H and O–H groups in total. The summed E-state index contributed by atoms with van der Waals surface area (Å²) in [6.07, 6.45) is -4.70. The van der Waals surface area contributed by atoms with E-state index in [0.717, 1.165) is 17.7 Å². The first-order valence-corrected chi connectivity index (χ1v) is 8.94. The minimum absolute atomic E-state index is 0.0581. The monoisotopic (exact) mass is 425 g/mol. The van der Waals surface area contributed by atoms with Gasteiger partial charge < -0.3 is 19.1 Å². The number of aromatic nitrogens is 2. The molecule has 0 aliphatic carbocycles. The molecule has 1 heterocycles. The van der Waals surface area contributed by atoms with Gasteiger partial charge in [-0.3, -0.25) is 0 Å². The Labute approximate surface area is 169 Å². The number of rotatable bonds is 9. The van der Waals surface area contributed by atoms with Crippen molar-refractivity contribution in [2.24, 2.45) is 0 Å². The first-order chi connectivity index (χ1) is 14.4. The summed E-state index contributed by atoms with van der Waals surface area (Å²) < 4.78 is 67.4. The van der Waals surface area contributed by atoms with E-state index >= 15 is 0 Å². The lowest BCUT2D eigenvalue weighted by Crippen LogP contribution is -2.10. The highest BCUT2D eigenvalue weighted by Gasteiger charge is 2.35. The van der Waals surface area contributed by atoms with Gasteiger partial charge >= 0.3 is 6.18 Å². The highest BCUT2D eigenvalue weighted by molar-refractivity contribution is 5.62. The summed E-state index contributed by atoms with van der Waals surface area (Å²) in [5, 5.41) is 12.5. The first kappa shape index (κ1) is 21.7. The van der Waals surface area contributed by atoms with Crippen LogP contribution in [0.25, 0.3) is 22.8 Å². The molecule has 0 fully saturated rings. The number of aliphatic hydroxyl groups is 1. The molecule has 2 aromatic carbocycles. The van der Waals surface area contributed by atoms with Gasteiger partial charge in [-0.25, -0.2) is 4.39 Å². The van der Waals surface area contributed by atoms with E-state index in [1.807, 2.05) is 0 Å². The minimum atomic E-state index is -4.70. The van der Waals surface area contributed by atoms with Crippen molar-refractivity contribution >= 4 is 0 Å². The van der Waals surface area contributed by atoms with Gasteiger partial charge in [-0.2, -0.15) is 18.2 Å². The number of ether oxygens (including phenoxy) is 2. The molecule has 1 aromatic heterocycles. The van der Waals surface area contributed by atoms with Crippen LogP contribution in [-0.2, 0) is 17.5 Å². The molecule has 0 aliphatic heterocycles. The van der Waals surface area contributed by atoms with E-state index in [-0.39, 0.29) is 30.5 Å². The highest BCUT2D eigenvalue weighted by Crippen LogP contribution is 2.38. The van der Waals surface area contributed by atoms with Crippen LogP contribution >= 0.6 is 0 Å². The summed E-state index contributed by atoms with van der Waals surface area (Å²) in [5.74, 6) is -0.357. The van der Waals surface area contributed by atoms with Crippen LogP contribution in [0.3, 0.4) is 0 Å². The normalized spacial score (nSPS) is 11.6. The summed E-state index contributed by atoms with van der Waals surface area (Å²) >= 11 is 0. The summed E-state index contributed by atoms with van der Waals surface area (Å²) in [5.41, 5.74) is 0.479. The van der Waals surface area contributed by atoms with Crippen LogP contribution in [0, 0.1) is 0 Å². The van der Waals surface area contributed by atoms with E-state index in [1.54, 1.807) is 24.3 Å². The Morgan fingerprint density at radius 2 is 1.73 bits per heavy atom. The third-order valence-electron chi connectivity index (χ3n) is 4.01. The zero-order valence-corrected chi connectivity index (χ0v) is 15.7. The maximum absolute atomic E-state index is 13.3. The Hall–Kier alpha value is -2.98. The average molecular weight is 425 g/mol. The molecule has 3 rings (SSSR count). The number of alkyl halides is 4. The standard InChI is InChI=1S/C20H18F4N2O4/c21-7-9-29-17-6-5-15(11-16(17)20(22,23)24)19-25-18(26-30-19)14-3-1-13(2-4-14)12-28-10-8-27/h1-6,11,27H,7-10,12H2/i21-1. The molecule has 160 valence electrons. The Balaban J connectivity index is 1.81. The van der Waals surface area contributed by atoms with Crippen molar-refractivity contribution in [2.45, 2.75) is 12.8 Å². The fourth-order valence-electron chi connectivity index (χ4n) is 2.62. The van der Waals surface area contributed by atoms with E-state index in [1.165, 1.54) is 6.07 Å². The molecule has 0 unspecified atom stereocenters. The van der Waals surface area contributed by atoms with Crippen LogP contribution in [0.15, 0.2) is 47.0 Å². The van der Waals surface area contributed by atoms with E-state index in [0.29, 0.717) is 12.2 Å². The predicted octanol–water partition coefficient (Wildman–Crippen LogP) is 4.28. The number of nitrogens with zero attached hydrogens (tertiary/aromatic N) is 2. The zero-order valence-electron chi connectivity index (χ0n) is 15.7. The second kappa shape index (κ2) is 9.68. The van der Waals surface area contributed by atoms with Crippen molar-refractivity contribution < 1.29 is 36.7 Å². The predicted molar refractivity (Wildman–Crippen MR) is 98.4 cm³/mol. The van der Waals surface area contributed by atoms with E-state index in [2.05, 4.69) is 10.1 Å². The lowest BCUT2D eigenvalue weighted by atomic mass is 10.1. The lowest BCUT2D eigenvalue weighted by Gasteiger charge is -2.13. The first-order valence-electron chi connectivity index (χ1n) is 8.94. The van der Waals surface area contributed by atoms with Crippen LogP contribution in [0.1, 0.15) is 11.1 Å². The molecule has 0 radical (unpaired) electrons. The number of benzene rings is 2. The van der Waals surface area contributed by atoms with Crippen LogP contribution in [0.4, 0.5) is 17.6 Å². The van der Waals surface area contributed by atoms with Crippen molar-refractivity contribution in [3.63, 3.8) is 0 Å². The highest BCUT2D eigenvalue weighted by atomic mass is 19.4. The van der Waals surface area contributed by atoms with Crippen LogP contribution < -0.4 is 4.74 Å². The third-order valence-corrected chi connectivity index (χ3v) is 4.01. The van der Waals surface area contributed by atoms with Gasteiger partial charge in [-0.1, -0.05) is 29.4 Å². The third kappa shape index (κ3) is 5.33. The Morgan fingerprint density at radius 3 is 2.40 bits per heavy atom. The summed E-state index contributed by atoms with van der Waals surface area (Å²) in [7, 11) is 0. The summed E-state index contributed by atoms with van der Waals surface area (Å²) in [6, 6.07) is 10.3. The molecule has 10 heteroatoms. The average Bonchev–Trinajstić information content (AvgIpc) is 3.22. The molecule has 6 nitrogen and oxygen atoms in total. The van der Waals surface area contributed by atoms with Gasteiger partial charge in [0.2, 0.25) is 5.82 Å². The van der Waals surface area contributed by atoms with Gasteiger partial charge in [0.25, 0.3) is 5.89 Å². The molecule has 0 amide bonds. The summed E-state index contributed by atoms with van der Waals surface area (Å²) in [6.45, 7) is -0.891. The van der Waals surface area contributed by atoms with Crippen molar-refractivity contribution in [2.75, 3.05) is 26.5 Å². The molecule has 0 saturated heterocycles. The maximum atomic E-state index is 13.3. The van der Waals surface area contributed by atoms with E-state index in [9.17, 15) is 17.6 Å². The van der Waals surface area contributed by atoms with Gasteiger partial charge in [0.1, 0.15) is 19.0 Å². The second-order valence-electron chi connectivity index (χ2n) is 6.14. The molecule has 0 spiro atoms. The molecule has 30 heavy (non-hydrogen) atoms.